The van der Waals surface area contributed by atoms with Gasteiger partial charge in [-0.3, -0.25) is 14.9 Å². The molecule has 1 amide bonds. The number of nitrogens with one attached hydrogen (secondary N) is 2. The number of piperidine rings is 1. The van der Waals surface area contributed by atoms with E-state index in [1.165, 1.54) is 17.7 Å². The lowest BCUT2D eigenvalue weighted by Crippen LogP contribution is -2.63. The summed E-state index contributed by atoms with van der Waals surface area (Å²) in [6.45, 7) is 7.64. The number of nitrogens with zero attached hydrogens (tertiary/aromatic N) is 3. The van der Waals surface area contributed by atoms with Crippen LogP contribution in [0.3, 0.4) is 0 Å². The van der Waals surface area contributed by atoms with E-state index in [0.717, 1.165) is 18.8 Å². The van der Waals surface area contributed by atoms with Crippen molar-refractivity contribution in [3.63, 3.8) is 0 Å². The first kappa shape index (κ1) is 22.0. The molecule has 3 heterocycles. The van der Waals surface area contributed by atoms with E-state index >= 15 is 0 Å². The minimum absolute atomic E-state index is 0.00550. The fourth-order valence-corrected chi connectivity index (χ4v) is 5.02. The van der Waals surface area contributed by atoms with Crippen LogP contribution in [0.5, 0.6) is 0 Å². The quantitative estimate of drug-likeness (QED) is 0.761. The second-order valence-corrected chi connectivity index (χ2v) is 9.83. The Morgan fingerprint density at radius 3 is 2.77 bits per heavy atom. The van der Waals surface area contributed by atoms with Crippen LogP contribution in [0.2, 0.25) is 0 Å². The first-order chi connectivity index (χ1) is 14.6. The number of alkyl carbamates (subject to hydrolysis) is 1. The number of carbonyl (C=O) groups excluding carboxylic acids is 1. The molecule has 3 unspecified atom stereocenters. The Bertz CT molecular complexity index is 870. The van der Waals surface area contributed by atoms with Crippen LogP contribution >= 0.6 is 0 Å². The molecule has 2 N–H and O–H groups in total. The van der Waals surface area contributed by atoms with Crippen LogP contribution in [0, 0.1) is 5.92 Å². The molecule has 1 aromatic rings. The van der Waals surface area contributed by atoms with Crippen molar-refractivity contribution in [2.24, 2.45) is 5.92 Å². The van der Waals surface area contributed by atoms with Crippen molar-refractivity contribution in [1.82, 2.24) is 25.3 Å². The Morgan fingerprint density at radius 1 is 1.29 bits per heavy atom. The zero-order chi connectivity index (χ0) is 22.3. The van der Waals surface area contributed by atoms with Crippen LogP contribution in [-0.4, -0.2) is 63.4 Å². The van der Waals surface area contributed by atoms with E-state index in [4.69, 9.17) is 4.74 Å². The number of H-pyrrole nitrogens is 1. The van der Waals surface area contributed by atoms with Crippen LogP contribution < -0.4 is 5.32 Å². The number of aromatic nitrogens is 2. The Balaban J connectivity index is 1.54. The normalized spacial score (nSPS) is 29.9. The molecule has 1 aromatic heterocycles. The lowest BCUT2D eigenvalue weighted by Gasteiger charge is -2.48. The predicted molar refractivity (Wildman–Crippen MR) is 112 cm³/mol. The number of hydrogen-bond acceptors (Lipinski definition) is 5. The van der Waals surface area contributed by atoms with E-state index in [0.29, 0.717) is 13.0 Å². The number of fused-ring (bicyclic) bond motifs is 1. The van der Waals surface area contributed by atoms with Crippen molar-refractivity contribution >= 4 is 6.09 Å². The summed E-state index contributed by atoms with van der Waals surface area (Å²) in [7, 11) is 1.92. The molecule has 3 aliphatic rings. The number of carbonyl (C=O) groups is 1. The van der Waals surface area contributed by atoms with Gasteiger partial charge >= 0.3 is 6.09 Å². The summed E-state index contributed by atoms with van der Waals surface area (Å²) in [6.07, 6.45) is 4.31. The van der Waals surface area contributed by atoms with Crippen molar-refractivity contribution in [3.05, 3.63) is 41.3 Å². The molecule has 4 atom stereocenters. The maximum absolute atomic E-state index is 14.8. The fraction of sp³-hybridized carbons (Fsp3) is 0.636. The molecular formula is C22H31F2N5O2. The van der Waals surface area contributed by atoms with Gasteiger partial charge in [-0.25, -0.2) is 13.6 Å². The summed E-state index contributed by atoms with van der Waals surface area (Å²) >= 11 is 0. The van der Waals surface area contributed by atoms with Crippen molar-refractivity contribution in [1.29, 1.82) is 0 Å². The average molecular weight is 436 g/mol. The highest BCUT2D eigenvalue weighted by Gasteiger charge is 2.44. The van der Waals surface area contributed by atoms with Gasteiger partial charge in [0, 0.05) is 55.7 Å². The average Bonchev–Trinajstić information content (AvgIpc) is 3.24. The monoisotopic (exact) mass is 435 g/mol. The molecule has 7 nitrogen and oxygen atoms in total. The first-order valence-corrected chi connectivity index (χ1v) is 10.8. The fourth-order valence-electron chi connectivity index (χ4n) is 5.02. The summed E-state index contributed by atoms with van der Waals surface area (Å²) in [6, 6.07) is -0.606. The number of likely N-dealkylation sites (N-methyl/N-ethyl adjacent to an activating group) is 1. The second-order valence-electron chi connectivity index (χ2n) is 9.83. The highest BCUT2D eigenvalue weighted by atomic mass is 19.1. The molecule has 31 heavy (non-hydrogen) atoms. The van der Waals surface area contributed by atoms with Gasteiger partial charge in [-0.1, -0.05) is 0 Å². The van der Waals surface area contributed by atoms with Crippen molar-refractivity contribution in [3.8, 4) is 0 Å². The zero-order valence-corrected chi connectivity index (χ0v) is 18.5. The number of amides is 1. The SMILES string of the molecule is CN1CC(N2Cc3cn[nH]c3C2)CC(NC(=O)OC(C)(C)C)[C@H]1C1CC(F)=CC=C1F. The minimum atomic E-state index is -0.647. The summed E-state index contributed by atoms with van der Waals surface area (Å²) in [4.78, 5) is 17.0. The maximum atomic E-state index is 14.8. The summed E-state index contributed by atoms with van der Waals surface area (Å²) in [5.41, 5.74) is 1.64. The third-order valence-corrected chi connectivity index (χ3v) is 6.31. The molecule has 9 heteroatoms. The van der Waals surface area contributed by atoms with Crippen molar-refractivity contribution in [2.45, 2.75) is 70.4 Å². The van der Waals surface area contributed by atoms with Gasteiger partial charge < -0.3 is 10.1 Å². The minimum Gasteiger partial charge on any atom is -0.444 e. The number of hydrogen-bond donors (Lipinski definition) is 2. The molecule has 2 aliphatic heterocycles. The number of halogens is 2. The van der Waals surface area contributed by atoms with Crippen molar-refractivity contribution < 1.29 is 18.3 Å². The third-order valence-electron chi connectivity index (χ3n) is 6.31. The van der Waals surface area contributed by atoms with E-state index in [-0.39, 0.29) is 36.2 Å². The second kappa shape index (κ2) is 8.35. The lowest BCUT2D eigenvalue weighted by molar-refractivity contribution is 0.0128. The first-order valence-electron chi connectivity index (χ1n) is 10.8. The largest absolute Gasteiger partial charge is 0.444 e. The summed E-state index contributed by atoms with van der Waals surface area (Å²) < 4.78 is 34.3. The van der Waals surface area contributed by atoms with Gasteiger partial charge in [0.05, 0.1) is 11.9 Å². The molecule has 1 aliphatic carbocycles. The highest BCUT2D eigenvalue weighted by Crippen LogP contribution is 2.37. The Morgan fingerprint density at radius 2 is 2.06 bits per heavy atom. The molecule has 170 valence electrons. The Labute approximate surface area is 181 Å². The highest BCUT2D eigenvalue weighted by molar-refractivity contribution is 5.68. The number of allylic oxidation sites excluding steroid dienone is 3. The molecule has 1 fully saturated rings. The van der Waals surface area contributed by atoms with Gasteiger partial charge in [0.15, 0.2) is 0 Å². The van der Waals surface area contributed by atoms with E-state index in [1.807, 2.05) is 13.2 Å². The third kappa shape index (κ3) is 4.82. The van der Waals surface area contributed by atoms with E-state index in [1.54, 1.807) is 20.8 Å². The topological polar surface area (TPSA) is 73.5 Å². The molecule has 0 radical (unpaired) electrons. The van der Waals surface area contributed by atoms with Gasteiger partial charge in [-0.05, 0) is 46.4 Å². The molecule has 4 rings (SSSR count). The number of rotatable bonds is 3. The number of aromatic amines is 1. The van der Waals surface area contributed by atoms with Gasteiger partial charge in [0.25, 0.3) is 0 Å². The lowest BCUT2D eigenvalue weighted by atomic mass is 9.80. The van der Waals surface area contributed by atoms with Gasteiger partial charge in [0.2, 0.25) is 0 Å². The van der Waals surface area contributed by atoms with E-state index in [9.17, 15) is 13.6 Å². The molecular weight excluding hydrogens is 404 g/mol. The van der Waals surface area contributed by atoms with Crippen LogP contribution in [0.15, 0.2) is 30.0 Å². The zero-order valence-electron chi connectivity index (χ0n) is 18.5. The molecule has 0 saturated carbocycles. The maximum Gasteiger partial charge on any atom is 0.407 e. The molecule has 0 aromatic carbocycles. The standard InChI is InChI=1S/C22H31F2N5O2/c1-22(2,3)31-21(30)26-18-8-15(29-10-13-9-25-27-19(13)12-29)11-28(4)20(18)16-7-14(23)5-6-17(16)24/h5-6,9,15-16,18,20H,7-8,10-12H2,1-4H3,(H,25,27)(H,26,30)/t15?,16?,18?,20-/m1/s1. The van der Waals surface area contributed by atoms with Crippen LogP contribution in [0.4, 0.5) is 13.6 Å². The van der Waals surface area contributed by atoms with Crippen LogP contribution in [0.1, 0.15) is 44.9 Å². The Hall–Kier alpha value is -2.26. The smallest absolute Gasteiger partial charge is 0.407 e. The van der Waals surface area contributed by atoms with E-state index in [2.05, 4.69) is 25.3 Å². The van der Waals surface area contributed by atoms with Crippen LogP contribution in [-0.2, 0) is 17.8 Å². The molecule has 1 saturated heterocycles. The van der Waals surface area contributed by atoms with Gasteiger partial charge in [0.1, 0.15) is 17.3 Å². The van der Waals surface area contributed by atoms with Crippen LogP contribution in [0.25, 0.3) is 0 Å². The number of ether oxygens (including phenoxy) is 1. The Kier molecular flexibility index (Phi) is 5.91. The summed E-state index contributed by atoms with van der Waals surface area (Å²) in [5.74, 6) is -1.34. The van der Waals surface area contributed by atoms with E-state index < -0.39 is 17.6 Å². The summed E-state index contributed by atoms with van der Waals surface area (Å²) in [5, 5.41) is 10.1. The van der Waals surface area contributed by atoms with Gasteiger partial charge in [-0.2, -0.15) is 5.10 Å². The molecule has 0 spiro atoms. The van der Waals surface area contributed by atoms with Crippen molar-refractivity contribution in [2.75, 3.05) is 13.6 Å². The predicted octanol–water partition coefficient (Wildman–Crippen LogP) is 3.42. The number of likely N-dealkylation sites (tertiary alicyclic amines) is 1. The molecule has 0 bridgehead atoms. The van der Waals surface area contributed by atoms with Gasteiger partial charge in [-0.15, -0.1) is 0 Å².